The highest BCUT2D eigenvalue weighted by atomic mass is 35.5. The molecule has 0 fully saturated rings. The highest BCUT2D eigenvalue weighted by molar-refractivity contribution is 6.36. The van der Waals surface area contributed by atoms with Crippen LogP contribution in [-0.2, 0) is 9.59 Å². The molecule has 2 aromatic carbocycles. The molecule has 9 nitrogen and oxygen atoms in total. The first kappa shape index (κ1) is 25.0. The molecule has 1 amide bonds. The molecule has 0 bridgehead atoms. The second kappa shape index (κ2) is 8.99. The number of Topliss-reactive ketones (excluding diaryl/α,β-unsaturated/α-hetero) is 2. The molecular weight excluding hydrogens is 502 g/mol. The quantitative estimate of drug-likeness (QED) is 0.584. The summed E-state index contributed by atoms with van der Waals surface area (Å²) in [6.45, 7) is 1.75. The maximum absolute atomic E-state index is 14.4. The average molecular weight is 528 g/mol. The Balaban J connectivity index is 1.66. The van der Waals surface area contributed by atoms with Gasteiger partial charge in [0.2, 0.25) is 23.1 Å². The molecule has 1 aliphatic carbocycles. The highest BCUT2D eigenvalue weighted by Gasteiger charge is 2.63. The molecule has 2 aromatic rings. The number of ether oxygens (including phenoxy) is 5. The molecule has 5 rings (SSSR count). The van der Waals surface area contributed by atoms with E-state index in [9.17, 15) is 14.4 Å². The number of hydrogen-bond donors (Lipinski definition) is 1. The van der Waals surface area contributed by atoms with Crippen molar-refractivity contribution in [1.29, 1.82) is 0 Å². The molecule has 37 heavy (non-hydrogen) atoms. The third-order valence-corrected chi connectivity index (χ3v) is 7.73. The Kier molecular flexibility index (Phi) is 6.06. The molecule has 0 saturated heterocycles. The molecule has 0 radical (unpaired) electrons. The van der Waals surface area contributed by atoms with Crippen molar-refractivity contribution in [3.8, 4) is 28.7 Å². The third kappa shape index (κ3) is 3.48. The van der Waals surface area contributed by atoms with Gasteiger partial charge >= 0.3 is 0 Å². The zero-order chi connectivity index (χ0) is 26.6. The van der Waals surface area contributed by atoms with Crippen molar-refractivity contribution in [1.82, 2.24) is 5.32 Å². The molecule has 10 heteroatoms. The van der Waals surface area contributed by atoms with Crippen LogP contribution in [0.1, 0.15) is 41.6 Å². The van der Waals surface area contributed by atoms with Crippen LogP contribution in [0.4, 0.5) is 0 Å². The second-order valence-electron chi connectivity index (χ2n) is 9.21. The molecule has 1 spiro atoms. The van der Waals surface area contributed by atoms with Gasteiger partial charge in [-0.05, 0) is 24.1 Å². The summed E-state index contributed by atoms with van der Waals surface area (Å²) in [5.74, 6) is -1.000. The van der Waals surface area contributed by atoms with Gasteiger partial charge in [-0.1, -0.05) is 24.6 Å². The van der Waals surface area contributed by atoms with Gasteiger partial charge in [0.15, 0.2) is 17.2 Å². The first-order valence-electron chi connectivity index (χ1n) is 11.7. The average Bonchev–Trinajstić information content (AvgIpc) is 3.21. The van der Waals surface area contributed by atoms with Crippen molar-refractivity contribution in [2.75, 3.05) is 28.4 Å². The minimum Gasteiger partial charge on any atom is -0.496 e. The number of fused-ring (bicyclic) bond motifs is 1. The van der Waals surface area contributed by atoms with Crippen LogP contribution >= 0.6 is 11.6 Å². The van der Waals surface area contributed by atoms with E-state index in [-0.39, 0.29) is 46.6 Å². The molecule has 0 unspecified atom stereocenters. The molecular formula is C27H26ClNO8. The number of rotatable bonds is 5. The van der Waals surface area contributed by atoms with Crippen LogP contribution in [0, 0.1) is 5.92 Å². The smallest absolute Gasteiger partial charge is 0.236 e. The van der Waals surface area contributed by atoms with E-state index in [4.69, 9.17) is 35.3 Å². The summed E-state index contributed by atoms with van der Waals surface area (Å²) in [5, 5.41) is 2.93. The highest BCUT2D eigenvalue weighted by Crippen LogP contribution is 2.55. The molecule has 2 aliphatic heterocycles. The Morgan fingerprint density at radius 2 is 1.57 bits per heavy atom. The fraction of sp³-hybridized carbons (Fsp3) is 0.370. The molecule has 3 atom stereocenters. The summed E-state index contributed by atoms with van der Waals surface area (Å²) in [5.41, 5.74) is -0.268. The van der Waals surface area contributed by atoms with Crippen molar-refractivity contribution >= 4 is 29.1 Å². The molecule has 3 aliphatic rings. The van der Waals surface area contributed by atoms with Gasteiger partial charge in [-0.3, -0.25) is 14.4 Å². The normalized spacial score (nSPS) is 24.3. The first-order chi connectivity index (χ1) is 17.7. The number of carbonyl (C=O) groups excluding carboxylic acids is 3. The van der Waals surface area contributed by atoms with Crippen molar-refractivity contribution < 1.29 is 38.1 Å². The molecule has 0 saturated carbocycles. The summed E-state index contributed by atoms with van der Waals surface area (Å²) in [4.78, 5) is 41.1. The standard InChI is InChI=1S/C27H26ClNO8/c1-12-8-15-21(14(10-20(30)29-15)13-6-7-16(33-2)17(9-13)34-3)25(31)27(12)26(32)22-18(35-4)11-19(36-5)23(28)24(22)37-27/h6-7,9,11-12,14H,8,10H2,1-5H3,(H,29,30)/t12-,14+,27+/m1/s1. The van der Waals surface area contributed by atoms with Gasteiger partial charge in [-0.15, -0.1) is 0 Å². The number of halogens is 1. The van der Waals surface area contributed by atoms with E-state index in [2.05, 4.69) is 5.32 Å². The predicted octanol–water partition coefficient (Wildman–Crippen LogP) is 3.86. The lowest BCUT2D eigenvalue weighted by molar-refractivity contribution is -0.131. The van der Waals surface area contributed by atoms with Crippen LogP contribution in [0.3, 0.4) is 0 Å². The van der Waals surface area contributed by atoms with Gasteiger partial charge in [-0.2, -0.15) is 0 Å². The number of amides is 1. The summed E-state index contributed by atoms with van der Waals surface area (Å²) in [7, 11) is 5.88. The van der Waals surface area contributed by atoms with Crippen molar-refractivity contribution in [2.24, 2.45) is 5.92 Å². The second-order valence-corrected chi connectivity index (χ2v) is 9.59. The van der Waals surface area contributed by atoms with E-state index in [1.165, 1.54) is 34.5 Å². The Morgan fingerprint density at radius 3 is 2.22 bits per heavy atom. The number of methoxy groups -OCH3 is 4. The summed E-state index contributed by atoms with van der Waals surface area (Å²) < 4.78 is 27.8. The largest absolute Gasteiger partial charge is 0.496 e. The lowest BCUT2D eigenvalue weighted by Gasteiger charge is -2.41. The van der Waals surface area contributed by atoms with Crippen LogP contribution in [-0.4, -0.2) is 51.5 Å². The monoisotopic (exact) mass is 527 g/mol. The van der Waals surface area contributed by atoms with Gasteiger partial charge in [0, 0.05) is 35.6 Å². The summed E-state index contributed by atoms with van der Waals surface area (Å²) in [6.07, 6.45) is 0.261. The Bertz CT molecular complexity index is 1380. The number of nitrogens with one attached hydrogen (secondary N) is 1. The van der Waals surface area contributed by atoms with E-state index in [0.29, 0.717) is 28.3 Å². The Hall–Kier alpha value is -3.72. The van der Waals surface area contributed by atoms with Crippen LogP contribution in [0.2, 0.25) is 5.02 Å². The Morgan fingerprint density at radius 1 is 0.892 bits per heavy atom. The minimum atomic E-state index is -1.86. The minimum absolute atomic E-state index is 0.0174. The van der Waals surface area contributed by atoms with Crippen LogP contribution in [0.15, 0.2) is 35.5 Å². The number of carbonyl (C=O) groups is 3. The van der Waals surface area contributed by atoms with Gasteiger partial charge in [0.1, 0.15) is 22.1 Å². The van der Waals surface area contributed by atoms with Gasteiger partial charge in [-0.25, -0.2) is 0 Å². The zero-order valence-corrected chi connectivity index (χ0v) is 21.8. The number of hydrogen-bond acceptors (Lipinski definition) is 8. The number of benzene rings is 2. The van der Waals surface area contributed by atoms with E-state index in [1.807, 2.05) is 0 Å². The van der Waals surface area contributed by atoms with E-state index >= 15 is 0 Å². The maximum Gasteiger partial charge on any atom is 0.236 e. The predicted molar refractivity (Wildman–Crippen MR) is 133 cm³/mol. The third-order valence-electron chi connectivity index (χ3n) is 7.37. The Labute approximate surface area is 218 Å². The summed E-state index contributed by atoms with van der Waals surface area (Å²) >= 11 is 6.53. The van der Waals surface area contributed by atoms with E-state index < -0.39 is 29.0 Å². The molecule has 0 aromatic heterocycles. The lowest BCUT2D eigenvalue weighted by Crippen LogP contribution is -2.59. The van der Waals surface area contributed by atoms with Crippen molar-refractivity contribution in [3.05, 3.63) is 51.7 Å². The number of ketones is 2. The van der Waals surface area contributed by atoms with Crippen LogP contribution < -0.4 is 29.0 Å². The topological polar surface area (TPSA) is 109 Å². The summed E-state index contributed by atoms with van der Waals surface area (Å²) in [6, 6.07) is 6.74. The zero-order valence-electron chi connectivity index (χ0n) is 21.0. The maximum atomic E-state index is 14.4. The van der Waals surface area contributed by atoms with Crippen LogP contribution in [0.5, 0.6) is 28.7 Å². The fourth-order valence-corrected chi connectivity index (χ4v) is 5.81. The van der Waals surface area contributed by atoms with E-state index in [1.54, 1.807) is 25.1 Å². The fourth-order valence-electron chi connectivity index (χ4n) is 5.54. The first-order valence-corrected chi connectivity index (χ1v) is 12.1. The number of allylic oxidation sites excluding steroid dienone is 1. The van der Waals surface area contributed by atoms with Gasteiger partial charge in [0.25, 0.3) is 0 Å². The molecule has 1 N–H and O–H groups in total. The van der Waals surface area contributed by atoms with E-state index in [0.717, 1.165) is 0 Å². The van der Waals surface area contributed by atoms with Crippen LogP contribution in [0.25, 0.3) is 0 Å². The van der Waals surface area contributed by atoms with Gasteiger partial charge in [0.05, 0.1) is 28.4 Å². The molecule has 194 valence electrons. The lowest BCUT2D eigenvalue weighted by atomic mass is 9.66. The van der Waals surface area contributed by atoms with Crippen molar-refractivity contribution in [2.45, 2.75) is 31.3 Å². The van der Waals surface area contributed by atoms with Crippen molar-refractivity contribution in [3.63, 3.8) is 0 Å². The SMILES string of the molecule is COc1ccc([C@@H]2CC(=O)NC3=C2C(=O)[C@@]2(Oc4c(Cl)c(OC)cc(OC)c4C2=O)[C@H](C)C3)cc1OC. The molecule has 2 heterocycles. The van der Waals surface area contributed by atoms with Gasteiger partial charge < -0.3 is 29.0 Å².